The molecule has 2 nitrogen and oxygen atoms in total. The second-order valence-corrected chi connectivity index (χ2v) is 6.21. The minimum atomic E-state index is -0.139. The molecule has 1 spiro atoms. The normalized spacial score (nSPS) is 22.3. The highest BCUT2D eigenvalue weighted by Crippen LogP contribution is 2.45. The van der Waals surface area contributed by atoms with Gasteiger partial charge in [0.25, 0.3) is 0 Å². The number of hydrogen-bond donors (Lipinski definition) is 1. The van der Waals surface area contributed by atoms with Gasteiger partial charge in [-0.25, -0.2) is 4.39 Å². The summed E-state index contributed by atoms with van der Waals surface area (Å²) in [4.78, 5) is 0. The minimum absolute atomic E-state index is 0.139. The highest BCUT2D eigenvalue weighted by atomic mass is 19.1. The quantitative estimate of drug-likeness (QED) is 0.883. The number of hydrogen-bond acceptors (Lipinski definition) is 2. The lowest BCUT2D eigenvalue weighted by Crippen LogP contribution is -2.54. The number of rotatable bonds is 2. The van der Waals surface area contributed by atoms with Crippen LogP contribution in [0.4, 0.5) is 4.39 Å². The van der Waals surface area contributed by atoms with Crippen molar-refractivity contribution >= 4 is 0 Å². The van der Waals surface area contributed by atoms with E-state index in [0.29, 0.717) is 22.6 Å². The Morgan fingerprint density at radius 2 is 1.95 bits per heavy atom. The van der Waals surface area contributed by atoms with E-state index in [4.69, 9.17) is 4.74 Å². The van der Waals surface area contributed by atoms with Crippen LogP contribution in [0.25, 0.3) is 0 Å². The summed E-state index contributed by atoms with van der Waals surface area (Å²) >= 11 is 0. The monoisotopic (exact) mass is 263 g/mol. The third kappa shape index (κ3) is 2.25. The molecule has 1 aliphatic carbocycles. The van der Waals surface area contributed by atoms with Crippen molar-refractivity contribution in [1.82, 2.24) is 5.32 Å². The van der Waals surface area contributed by atoms with Gasteiger partial charge < -0.3 is 10.1 Å². The molecule has 3 heteroatoms. The molecule has 104 valence electrons. The lowest BCUT2D eigenvalue weighted by atomic mass is 9.66. The molecule has 2 fully saturated rings. The van der Waals surface area contributed by atoms with E-state index < -0.39 is 0 Å². The zero-order valence-electron chi connectivity index (χ0n) is 11.8. The molecule has 1 aromatic rings. The lowest BCUT2D eigenvalue weighted by Gasteiger charge is -2.47. The fourth-order valence-electron chi connectivity index (χ4n) is 3.52. The highest BCUT2D eigenvalue weighted by molar-refractivity contribution is 5.39. The van der Waals surface area contributed by atoms with Gasteiger partial charge in [0.15, 0.2) is 0 Å². The molecule has 1 heterocycles. The Kier molecular flexibility index (Phi) is 3.25. The van der Waals surface area contributed by atoms with Crippen LogP contribution in [0.2, 0.25) is 0 Å². The number of methoxy groups -OCH3 is 1. The first-order valence-corrected chi connectivity index (χ1v) is 7.18. The third-order valence-electron chi connectivity index (χ3n) is 5.06. The molecule has 0 radical (unpaired) electrons. The first kappa shape index (κ1) is 12.9. The van der Waals surface area contributed by atoms with Gasteiger partial charge in [-0.15, -0.1) is 0 Å². The molecule has 1 aliphatic heterocycles. The van der Waals surface area contributed by atoms with Crippen molar-refractivity contribution in [2.45, 2.75) is 38.5 Å². The average molecular weight is 263 g/mol. The fraction of sp³-hybridized carbons (Fsp3) is 0.625. The minimum Gasteiger partial charge on any atom is -0.496 e. The summed E-state index contributed by atoms with van der Waals surface area (Å²) in [5.74, 6) is 1.04. The number of halogens is 1. The first-order chi connectivity index (χ1) is 9.13. The third-order valence-corrected chi connectivity index (χ3v) is 5.06. The molecule has 0 unspecified atom stereocenters. The van der Waals surface area contributed by atoms with E-state index in [9.17, 15) is 4.39 Å². The number of nitrogens with one attached hydrogen (secondary N) is 1. The van der Waals surface area contributed by atoms with Gasteiger partial charge in [0.2, 0.25) is 0 Å². The maximum atomic E-state index is 13.9. The molecule has 19 heavy (non-hydrogen) atoms. The van der Waals surface area contributed by atoms with E-state index in [0.717, 1.165) is 5.56 Å². The van der Waals surface area contributed by atoms with Crippen LogP contribution >= 0.6 is 0 Å². The molecule has 1 aromatic carbocycles. The van der Waals surface area contributed by atoms with E-state index in [-0.39, 0.29) is 5.82 Å². The predicted octanol–water partition coefficient (Wildman–Crippen LogP) is 3.39. The van der Waals surface area contributed by atoms with Crippen LogP contribution in [0.15, 0.2) is 12.1 Å². The van der Waals surface area contributed by atoms with E-state index in [1.165, 1.54) is 38.8 Å². The molecular weight excluding hydrogens is 241 g/mol. The topological polar surface area (TPSA) is 21.3 Å². The molecule has 0 amide bonds. The summed E-state index contributed by atoms with van der Waals surface area (Å²) in [5.41, 5.74) is 2.29. The Morgan fingerprint density at radius 1 is 1.26 bits per heavy atom. The zero-order chi connectivity index (χ0) is 13.5. The van der Waals surface area contributed by atoms with E-state index in [2.05, 4.69) is 5.32 Å². The van der Waals surface area contributed by atoms with Gasteiger partial charge in [-0.3, -0.25) is 0 Å². The first-order valence-electron chi connectivity index (χ1n) is 7.18. The van der Waals surface area contributed by atoms with Crippen LogP contribution in [0, 0.1) is 18.2 Å². The van der Waals surface area contributed by atoms with Crippen LogP contribution in [-0.2, 0) is 0 Å². The smallest absolute Gasteiger partial charge is 0.130 e. The largest absolute Gasteiger partial charge is 0.496 e. The van der Waals surface area contributed by atoms with E-state index in [1.54, 1.807) is 20.1 Å². The van der Waals surface area contributed by atoms with Gasteiger partial charge >= 0.3 is 0 Å². The van der Waals surface area contributed by atoms with Crippen LogP contribution in [0.1, 0.15) is 42.7 Å². The standard InChI is InChI=1S/C16H22FNO/c1-11-14(17)7-13(8-15(11)19-2)12-3-5-16(6-4-12)9-18-10-16/h7-8,12,18H,3-6,9-10H2,1-2H3. The number of ether oxygens (including phenoxy) is 1. The summed E-state index contributed by atoms with van der Waals surface area (Å²) in [5, 5.41) is 3.38. The van der Waals surface area contributed by atoms with Gasteiger partial charge in [0.05, 0.1) is 7.11 Å². The summed E-state index contributed by atoms with van der Waals surface area (Å²) in [6.45, 7) is 4.12. The Morgan fingerprint density at radius 3 is 2.47 bits per heavy atom. The summed E-state index contributed by atoms with van der Waals surface area (Å²) in [6, 6.07) is 3.74. The van der Waals surface area contributed by atoms with Crippen molar-refractivity contribution in [3.05, 3.63) is 29.1 Å². The maximum absolute atomic E-state index is 13.9. The molecule has 2 aliphatic rings. The molecular formula is C16H22FNO. The van der Waals surface area contributed by atoms with E-state index >= 15 is 0 Å². The van der Waals surface area contributed by atoms with Gasteiger partial charge in [-0.2, -0.15) is 0 Å². The number of benzene rings is 1. The van der Waals surface area contributed by atoms with Crippen LogP contribution < -0.4 is 10.1 Å². The van der Waals surface area contributed by atoms with Gasteiger partial charge in [-0.05, 0) is 61.6 Å². The second kappa shape index (κ2) is 4.78. The second-order valence-electron chi connectivity index (χ2n) is 6.21. The zero-order valence-corrected chi connectivity index (χ0v) is 11.8. The van der Waals surface area contributed by atoms with Crippen molar-refractivity contribution in [2.24, 2.45) is 5.41 Å². The molecule has 0 atom stereocenters. The Hall–Kier alpha value is -1.09. The summed E-state index contributed by atoms with van der Waals surface area (Å²) in [7, 11) is 1.61. The Labute approximate surface area is 114 Å². The van der Waals surface area contributed by atoms with Crippen LogP contribution in [0.5, 0.6) is 5.75 Å². The summed E-state index contributed by atoms with van der Waals surface area (Å²) < 4.78 is 19.2. The molecule has 1 saturated heterocycles. The van der Waals surface area contributed by atoms with Crippen molar-refractivity contribution in [3.8, 4) is 5.75 Å². The summed E-state index contributed by atoms with van der Waals surface area (Å²) in [6.07, 6.45) is 4.88. The lowest BCUT2D eigenvalue weighted by molar-refractivity contribution is 0.0974. The Balaban J connectivity index is 1.77. The van der Waals surface area contributed by atoms with Crippen molar-refractivity contribution in [2.75, 3.05) is 20.2 Å². The van der Waals surface area contributed by atoms with Crippen molar-refractivity contribution in [1.29, 1.82) is 0 Å². The van der Waals surface area contributed by atoms with Gasteiger partial charge in [-0.1, -0.05) is 0 Å². The maximum Gasteiger partial charge on any atom is 0.130 e. The van der Waals surface area contributed by atoms with E-state index in [1.807, 2.05) is 6.07 Å². The molecule has 0 aromatic heterocycles. The SMILES string of the molecule is COc1cc(C2CCC3(CC2)CNC3)cc(F)c1C. The molecule has 3 rings (SSSR count). The van der Waals surface area contributed by atoms with Crippen LogP contribution in [0.3, 0.4) is 0 Å². The molecule has 0 bridgehead atoms. The average Bonchev–Trinajstić information content (AvgIpc) is 2.40. The van der Waals surface area contributed by atoms with Crippen molar-refractivity contribution < 1.29 is 9.13 Å². The van der Waals surface area contributed by atoms with Gasteiger partial charge in [0, 0.05) is 18.7 Å². The molecule has 1 N–H and O–H groups in total. The van der Waals surface area contributed by atoms with Crippen LogP contribution in [-0.4, -0.2) is 20.2 Å². The van der Waals surface area contributed by atoms with Gasteiger partial charge in [0.1, 0.15) is 11.6 Å². The highest BCUT2D eigenvalue weighted by Gasteiger charge is 2.40. The van der Waals surface area contributed by atoms with Crippen molar-refractivity contribution in [3.63, 3.8) is 0 Å². The fourth-order valence-corrected chi connectivity index (χ4v) is 3.52. The Bertz CT molecular complexity index is 472. The molecule has 1 saturated carbocycles. The predicted molar refractivity (Wildman–Crippen MR) is 74.2 cm³/mol.